The Hall–Kier alpha value is -4.71. The van der Waals surface area contributed by atoms with Gasteiger partial charge in [-0.05, 0) is 61.0 Å². The van der Waals surface area contributed by atoms with Gasteiger partial charge in [0.05, 0.1) is 36.8 Å². The zero-order chi connectivity index (χ0) is 29.2. The maximum absolute atomic E-state index is 13.9. The molecule has 1 amide bonds. The van der Waals surface area contributed by atoms with Gasteiger partial charge < -0.3 is 19.7 Å². The number of amides is 1. The summed E-state index contributed by atoms with van der Waals surface area (Å²) in [6.07, 6.45) is 0. The van der Waals surface area contributed by atoms with Crippen molar-refractivity contribution in [3.63, 3.8) is 0 Å². The van der Waals surface area contributed by atoms with E-state index in [0.29, 0.717) is 5.69 Å². The third-order valence-electron chi connectivity index (χ3n) is 6.25. The number of fused-ring (bicyclic) bond motifs is 1. The van der Waals surface area contributed by atoms with Gasteiger partial charge in [0.15, 0.2) is 11.5 Å². The Balaban J connectivity index is 1.89. The van der Waals surface area contributed by atoms with E-state index in [1.54, 1.807) is 24.3 Å². The molecule has 0 aromatic heterocycles. The summed E-state index contributed by atoms with van der Waals surface area (Å²) in [5.41, 5.74) is 2.38. The summed E-state index contributed by atoms with van der Waals surface area (Å²) in [5, 5.41) is 2.71. The Morgan fingerprint density at radius 1 is 1.02 bits per heavy atom. The van der Waals surface area contributed by atoms with Gasteiger partial charge in [-0.25, -0.2) is 23.2 Å². The van der Waals surface area contributed by atoms with Crippen LogP contribution in [0.1, 0.15) is 15.9 Å². The van der Waals surface area contributed by atoms with Crippen LogP contribution in [-0.2, 0) is 19.6 Å². The molecule has 208 valence electrons. The molecule has 1 N–H and O–H groups in total. The number of nitrogens with one attached hydrogen (secondary N) is 1. The van der Waals surface area contributed by atoms with Crippen LogP contribution in [0.25, 0.3) is 0 Å². The first-order chi connectivity index (χ1) is 19.0. The molecule has 0 saturated carbocycles. The Morgan fingerprint density at radius 3 is 2.40 bits per heavy atom. The molecule has 3 aromatic rings. The third kappa shape index (κ3) is 5.38. The minimum atomic E-state index is -4.03. The smallest absolute Gasteiger partial charge is 0.337 e. The molecule has 0 spiro atoms. The standard InChI is InChI=1S/C28H29N5O6S/c1-17-15-19(32(2)3)12-13-20(17)29-25(26-30-21-9-7-8-10-24(21)40(36,37)33(26)4)27(34)31-22-16-18(28(35)39-6)11-14-23(22)38-5/h7-16H,1-6H3,(H,31,34). The number of rotatable bonds is 7. The van der Waals surface area contributed by atoms with E-state index in [0.717, 1.165) is 15.6 Å². The van der Waals surface area contributed by atoms with Crippen LogP contribution in [-0.4, -0.2) is 71.5 Å². The molecular formula is C28H29N5O6S. The van der Waals surface area contributed by atoms with E-state index in [9.17, 15) is 18.0 Å². The number of nitrogens with zero attached hydrogens (tertiary/aromatic N) is 4. The van der Waals surface area contributed by atoms with E-state index < -0.39 is 21.9 Å². The van der Waals surface area contributed by atoms with Gasteiger partial charge in [-0.15, -0.1) is 0 Å². The second-order valence-corrected chi connectivity index (χ2v) is 11.0. The summed E-state index contributed by atoms with van der Waals surface area (Å²) in [5.74, 6) is -1.28. The summed E-state index contributed by atoms with van der Waals surface area (Å²) in [6.45, 7) is 1.84. The first kappa shape index (κ1) is 28.3. The van der Waals surface area contributed by atoms with E-state index in [4.69, 9.17) is 9.47 Å². The summed E-state index contributed by atoms with van der Waals surface area (Å²) in [4.78, 5) is 37.1. The number of carbonyl (C=O) groups excluding carboxylic acids is 2. The highest BCUT2D eigenvalue weighted by molar-refractivity contribution is 7.90. The number of ether oxygens (including phenoxy) is 2. The maximum Gasteiger partial charge on any atom is 0.337 e. The number of aliphatic imine (C=N–C) groups is 2. The number of hydrogen-bond acceptors (Lipinski definition) is 9. The number of benzene rings is 3. The van der Waals surface area contributed by atoms with Gasteiger partial charge in [0.25, 0.3) is 15.9 Å². The zero-order valence-electron chi connectivity index (χ0n) is 22.9. The fraction of sp³-hybridized carbons (Fsp3) is 0.214. The number of sulfonamides is 1. The predicted octanol–water partition coefficient (Wildman–Crippen LogP) is 3.93. The number of methoxy groups -OCH3 is 2. The summed E-state index contributed by atoms with van der Waals surface area (Å²) >= 11 is 0. The molecule has 4 rings (SSSR count). The molecule has 1 aliphatic rings. The van der Waals surface area contributed by atoms with Gasteiger partial charge in [-0.1, -0.05) is 12.1 Å². The average molecular weight is 564 g/mol. The first-order valence-electron chi connectivity index (χ1n) is 12.1. The van der Waals surface area contributed by atoms with Gasteiger partial charge in [0, 0.05) is 26.8 Å². The van der Waals surface area contributed by atoms with Gasteiger partial charge in [-0.2, -0.15) is 0 Å². The molecule has 1 heterocycles. The highest BCUT2D eigenvalue weighted by Gasteiger charge is 2.36. The largest absolute Gasteiger partial charge is 0.495 e. The molecule has 0 unspecified atom stereocenters. The number of aryl methyl sites for hydroxylation is 1. The molecule has 3 aromatic carbocycles. The quantitative estimate of drug-likeness (QED) is 0.341. The van der Waals surface area contributed by atoms with Crippen molar-refractivity contribution in [3.05, 3.63) is 71.8 Å². The van der Waals surface area contributed by atoms with Crippen molar-refractivity contribution in [2.75, 3.05) is 45.6 Å². The number of amidine groups is 1. The Kier molecular flexibility index (Phi) is 7.91. The first-order valence-corrected chi connectivity index (χ1v) is 13.5. The van der Waals surface area contributed by atoms with Gasteiger partial charge in [0.2, 0.25) is 0 Å². The lowest BCUT2D eigenvalue weighted by atomic mass is 10.1. The van der Waals surface area contributed by atoms with Crippen molar-refractivity contribution in [1.29, 1.82) is 0 Å². The van der Waals surface area contributed by atoms with Crippen molar-refractivity contribution in [2.45, 2.75) is 11.8 Å². The van der Waals surface area contributed by atoms with Gasteiger partial charge in [0.1, 0.15) is 10.6 Å². The van der Waals surface area contributed by atoms with Crippen LogP contribution in [0, 0.1) is 6.92 Å². The summed E-state index contributed by atoms with van der Waals surface area (Å²) in [6, 6.07) is 16.1. The number of hydrogen-bond donors (Lipinski definition) is 1. The Labute approximate surface area is 232 Å². The van der Waals surface area contributed by atoms with Crippen LogP contribution < -0.4 is 15.0 Å². The molecule has 0 fully saturated rings. The molecule has 0 bridgehead atoms. The van der Waals surface area contributed by atoms with Crippen molar-refractivity contribution in [3.8, 4) is 5.75 Å². The minimum absolute atomic E-state index is 0.0139. The van der Waals surface area contributed by atoms with Crippen LogP contribution in [0.4, 0.5) is 22.7 Å². The monoisotopic (exact) mass is 563 g/mol. The fourth-order valence-corrected chi connectivity index (χ4v) is 5.29. The topological polar surface area (TPSA) is 130 Å². The number of carbonyl (C=O) groups is 2. The van der Waals surface area contributed by atoms with E-state index >= 15 is 0 Å². The highest BCUT2D eigenvalue weighted by Crippen LogP contribution is 2.33. The predicted molar refractivity (Wildman–Crippen MR) is 154 cm³/mol. The molecule has 0 radical (unpaired) electrons. The molecular weight excluding hydrogens is 534 g/mol. The fourth-order valence-electron chi connectivity index (χ4n) is 4.01. The number of anilines is 2. The van der Waals surface area contributed by atoms with E-state index in [1.165, 1.54) is 45.5 Å². The second-order valence-electron chi connectivity index (χ2n) is 9.06. The molecule has 0 atom stereocenters. The molecule has 0 aliphatic carbocycles. The molecule has 11 nitrogen and oxygen atoms in total. The Bertz CT molecular complexity index is 1660. The normalized spacial score (nSPS) is 14.1. The average Bonchev–Trinajstić information content (AvgIpc) is 2.94. The SMILES string of the molecule is COC(=O)c1ccc(OC)c(NC(=O)C(=Nc2ccc(N(C)C)cc2C)C2=Nc3ccccc3S(=O)(=O)N2C)c1. The van der Waals surface area contributed by atoms with Crippen molar-refractivity contribution in [1.82, 2.24) is 4.31 Å². The summed E-state index contributed by atoms with van der Waals surface area (Å²) in [7, 11) is 3.75. The van der Waals surface area contributed by atoms with Gasteiger partial charge in [-0.3, -0.25) is 9.10 Å². The molecule has 40 heavy (non-hydrogen) atoms. The molecule has 1 aliphatic heterocycles. The Morgan fingerprint density at radius 2 is 1.75 bits per heavy atom. The van der Waals surface area contributed by atoms with Crippen LogP contribution in [0.5, 0.6) is 5.75 Å². The lowest BCUT2D eigenvalue weighted by Crippen LogP contribution is -2.44. The number of esters is 1. The van der Waals surface area contributed by atoms with Crippen molar-refractivity contribution >= 4 is 56.2 Å². The summed E-state index contributed by atoms with van der Waals surface area (Å²) < 4.78 is 37.8. The van der Waals surface area contributed by atoms with Crippen molar-refractivity contribution in [2.24, 2.45) is 9.98 Å². The van der Waals surface area contributed by atoms with Crippen LogP contribution in [0.2, 0.25) is 0 Å². The molecule has 0 saturated heterocycles. The van der Waals surface area contributed by atoms with Gasteiger partial charge >= 0.3 is 5.97 Å². The van der Waals surface area contributed by atoms with Crippen molar-refractivity contribution < 1.29 is 27.5 Å². The number of para-hydroxylation sites is 1. The minimum Gasteiger partial charge on any atom is -0.495 e. The van der Waals surface area contributed by atoms with Crippen LogP contribution in [0.3, 0.4) is 0 Å². The molecule has 12 heteroatoms. The second kappa shape index (κ2) is 11.2. The lowest BCUT2D eigenvalue weighted by Gasteiger charge is -2.27. The lowest BCUT2D eigenvalue weighted by molar-refractivity contribution is -0.110. The zero-order valence-corrected chi connectivity index (χ0v) is 23.7. The van der Waals surface area contributed by atoms with E-state index in [1.807, 2.05) is 38.1 Å². The van der Waals surface area contributed by atoms with E-state index in [2.05, 4.69) is 15.3 Å². The van der Waals surface area contributed by atoms with Crippen LogP contribution >= 0.6 is 0 Å². The maximum atomic E-state index is 13.9. The van der Waals surface area contributed by atoms with Crippen LogP contribution in [0.15, 0.2) is 75.5 Å². The highest BCUT2D eigenvalue weighted by atomic mass is 32.2. The third-order valence-corrected chi connectivity index (χ3v) is 8.05. The van der Waals surface area contributed by atoms with E-state index in [-0.39, 0.29) is 39.1 Å².